The topological polar surface area (TPSA) is 40.1 Å². The van der Waals surface area contributed by atoms with E-state index in [1.165, 1.54) is 43.5 Å². The summed E-state index contributed by atoms with van der Waals surface area (Å²) in [5.74, 6) is 1.05. The summed E-state index contributed by atoms with van der Waals surface area (Å²) in [6, 6.07) is 6.57. The highest BCUT2D eigenvalue weighted by Gasteiger charge is 2.43. The quantitative estimate of drug-likeness (QED) is 0.354. The molecule has 3 aliphatic rings. The van der Waals surface area contributed by atoms with Gasteiger partial charge in [0, 0.05) is 49.9 Å². The van der Waals surface area contributed by atoms with Crippen LogP contribution in [-0.2, 0) is 11.3 Å². The van der Waals surface area contributed by atoms with E-state index in [0.717, 1.165) is 49.8 Å². The fourth-order valence-corrected chi connectivity index (χ4v) is 4.84. The molecule has 0 aromatic heterocycles. The van der Waals surface area contributed by atoms with Crippen molar-refractivity contribution in [3.63, 3.8) is 0 Å². The lowest BCUT2D eigenvalue weighted by Crippen LogP contribution is -2.42. The molecule has 2 aliphatic heterocycles. The van der Waals surface area contributed by atoms with Gasteiger partial charge in [0.05, 0.1) is 13.2 Å². The van der Waals surface area contributed by atoms with Crippen molar-refractivity contribution in [2.24, 2.45) is 10.4 Å². The summed E-state index contributed by atoms with van der Waals surface area (Å²) in [5, 5.41) is 3.62. The van der Waals surface area contributed by atoms with Crippen LogP contribution in [0.4, 0.5) is 5.69 Å². The SMILES string of the molecule is CN=C(NCc1ccc(Br)cc1N1CCOCC1)N1CCC2(CCC2)C1.I. The number of aliphatic imine (C=N–C) groups is 1. The minimum absolute atomic E-state index is 0. The molecule has 1 aliphatic carbocycles. The number of hydrogen-bond donors (Lipinski definition) is 1. The fourth-order valence-electron chi connectivity index (χ4n) is 4.49. The van der Waals surface area contributed by atoms with E-state index in [2.05, 4.69) is 54.2 Å². The number of rotatable bonds is 3. The van der Waals surface area contributed by atoms with Crippen LogP contribution in [0, 0.1) is 5.41 Å². The Morgan fingerprint density at radius 3 is 2.63 bits per heavy atom. The summed E-state index contributed by atoms with van der Waals surface area (Å²) in [6.07, 6.45) is 5.52. The van der Waals surface area contributed by atoms with Crippen LogP contribution in [0.15, 0.2) is 27.7 Å². The first-order valence-corrected chi connectivity index (χ1v) is 10.6. The van der Waals surface area contributed by atoms with E-state index in [4.69, 9.17) is 4.74 Å². The molecule has 4 rings (SSSR count). The van der Waals surface area contributed by atoms with Gasteiger partial charge in [0.1, 0.15) is 0 Å². The summed E-state index contributed by atoms with van der Waals surface area (Å²) in [6.45, 7) is 6.61. The zero-order valence-electron chi connectivity index (χ0n) is 16.0. The number of likely N-dealkylation sites (tertiary alicyclic amines) is 1. The van der Waals surface area contributed by atoms with Crippen LogP contribution in [0.3, 0.4) is 0 Å². The number of ether oxygens (including phenoxy) is 1. The van der Waals surface area contributed by atoms with E-state index in [-0.39, 0.29) is 24.0 Å². The van der Waals surface area contributed by atoms with E-state index < -0.39 is 0 Å². The molecule has 1 N–H and O–H groups in total. The van der Waals surface area contributed by atoms with Crippen molar-refractivity contribution in [1.29, 1.82) is 0 Å². The molecule has 150 valence electrons. The molecule has 3 fully saturated rings. The monoisotopic (exact) mass is 548 g/mol. The van der Waals surface area contributed by atoms with Gasteiger partial charge in [-0.05, 0) is 42.4 Å². The van der Waals surface area contributed by atoms with Crippen LogP contribution in [0.25, 0.3) is 0 Å². The first-order chi connectivity index (χ1) is 12.7. The predicted octanol–water partition coefficient (Wildman–Crippen LogP) is 3.86. The lowest BCUT2D eigenvalue weighted by molar-refractivity contribution is 0.122. The maximum atomic E-state index is 5.52. The van der Waals surface area contributed by atoms with Crippen LogP contribution in [0.2, 0.25) is 0 Å². The highest BCUT2D eigenvalue weighted by Crippen LogP contribution is 2.47. The molecule has 0 unspecified atom stereocenters. The Bertz CT molecular complexity index is 674. The van der Waals surface area contributed by atoms with Gasteiger partial charge in [-0.2, -0.15) is 0 Å². The molecule has 1 aromatic rings. The molecule has 1 saturated carbocycles. The van der Waals surface area contributed by atoms with E-state index in [0.29, 0.717) is 5.41 Å². The van der Waals surface area contributed by atoms with Crippen molar-refractivity contribution in [1.82, 2.24) is 10.2 Å². The van der Waals surface area contributed by atoms with Crippen molar-refractivity contribution in [3.8, 4) is 0 Å². The number of nitrogens with one attached hydrogen (secondary N) is 1. The number of anilines is 1. The zero-order chi connectivity index (χ0) is 18.0. The first kappa shape index (κ1) is 21.2. The van der Waals surface area contributed by atoms with Crippen LogP contribution in [0.1, 0.15) is 31.2 Å². The Labute approximate surface area is 188 Å². The Balaban J connectivity index is 0.00000210. The zero-order valence-corrected chi connectivity index (χ0v) is 20.0. The molecule has 1 spiro atoms. The average molecular weight is 549 g/mol. The smallest absolute Gasteiger partial charge is 0.193 e. The van der Waals surface area contributed by atoms with Gasteiger partial charge in [-0.1, -0.05) is 28.4 Å². The Kier molecular flexibility index (Phi) is 7.30. The summed E-state index contributed by atoms with van der Waals surface area (Å²) in [5.41, 5.74) is 3.20. The summed E-state index contributed by atoms with van der Waals surface area (Å²) < 4.78 is 6.64. The van der Waals surface area contributed by atoms with Crippen molar-refractivity contribution in [2.45, 2.75) is 32.2 Å². The molecule has 0 amide bonds. The van der Waals surface area contributed by atoms with Crippen LogP contribution >= 0.6 is 39.9 Å². The van der Waals surface area contributed by atoms with Gasteiger partial charge in [0.25, 0.3) is 0 Å². The number of guanidine groups is 1. The van der Waals surface area contributed by atoms with Crippen molar-refractivity contribution >= 4 is 51.6 Å². The van der Waals surface area contributed by atoms with Gasteiger partial charge in [-0.25, -0.2) is 0 Å². The third-order valence-electron chi connectivity index (χ3n) is 6.20. The average Bonchev–Trinajstić information content (AvgIpc) is 3.10. The third-order valence-corrected chi connectivity index (χ3v) is 6.69. The molecule has 2 heterocycles. The van der Waals surface area contributed by atoms with Crippen LogP contribution in [0.5, 0.6) is 0 Å². The Morgan fingerprint density at radius 1 is 1.22 bits per heavy atom. The Morgan fingerprint density at radius 2 is 2.00 bits per heavy atom. The molecule has 2 saturated heterocycles. The van der Waals surface area contributed by atoms with Gasteiger partial charge in [0.15, 0.2) is 5.96 Å². The van der Waals surface area contributed by atoms with E-state index >= 15 is 0 Å². The van der Waals surface area contributed by atoms with Crippen LogP contribution in [-0.4, -0.2) is 57.3 Å². The standard InChI is InChI=1S/C20H29BrN4O.HI/c1-22-19(25-8-7-20(15-25)5-2-6-20)23-14-16-3-4-17(21)13-18(16)24-9-11-26-12-10-24;/h3-4,13H,2,5-12,14-15H2,1H3,(H,22,23);1H. The predicted molar refractivity (Wildman–Crippen MR) is 125 cm³/mol. The van der Waals surface area contributed by atoms with E-state index in [1.54, 1.807) is 0 Å². The molecule has 1 aromatic carbocycles. The second kappa shape index (κ2) is 9.31. The van der Waals surface area contributed by atoms with Gasteiger partial charge >= 0.3 is 0 Å². The molecular formula is C20H30BrIN4O. The first-order valence-electron chi connectivity index (χ1n) is 9.76. The van der Waals surface area contributed by atoms with Gasteiger partial charge < -0.3 is 19.9 Å². The minimum atomic E-state index is 0. The molecule has 0 atom stereocenters. The maximum absolute atomic E-state index is 5.52. The second-order valence-electron chi connectivity index (χ2n) is 7.80. The van der Waals surface area contributed by atoms with Gasteiger partial charge in [0.2, 0.25) is 0 Å². The van der Waals surface area contributed by atoms with Crippen molar-refractivity contribution in [3.05, 3.63) is 28.2 Å². The minimum Gasteiger partial charge on any atom is -0.378 e. The largest absolute Gasteiger partial charge is 0.378 e. The highest BCUT2D eigenvalue weighted by molar-refractivity contribution is 14.0. The number of morpholine rings is 1. The number of benzene rings is 1. The van der Waals surface area contributed by atoms with Crippen LogP contribution < -0.4 is 10.2 Å². The Hall–Kier alpha value is -0.540. The lowest BCUT2D eigenvalue weighted by Gasteiger charge is -2.38. The van der Waals surface area contributed by atoms with Gasteiger partial charge in [-0.15, -0.1) is 24.0 Å². The normalized spacial score (nSPS) is 21.8. The highest BCUT2D eigenvalue weighted by atomic mass is 127. The summed E-state index contributed by atoms with van der Waals surface area (Å²) >= 11 is 3.63. The summed E-state index contributed by atoms with van der Waals surface area (Å²) in [4.78, 5) is 9.43. The number of nitrogens with zero attached hydrogens (tertiary/aromatic N) is 3. The summed E-state index contributed by atoms with van der Waals surface area (Å²) in [7, 11) is 1.90. The molecule has 0 bridgehead atoms. The lowest BCUT2D eigenvalue weighted by atomic mass is 9.68. The van der Waals surface area contributed by atoms with Crippen molar-refractivity contribution < 1.29 is 4.74 Å². The van der Waals surface area contributed by atoms with Gasteiger partial charge in [-0.3, -0.25) is 4.99 Å². The molecular weight excluding hydrogens is 519 g/mol. The molecule has 27 heavy (non-hydrogen) atoms. The number of hydrogen-bond acceptors (Lipinski definition) is 3. The fraction of sp³-hybridized carbons (Fsp3) is 0.650. The number of halogens is 2. The molecule has 7 heteroatoms. The molecule has 5 nitrogen and oxygen atoms in total. The van der Waals surface area contributed by atoms with E-state index in [1.807, 2.05) is 7.05 Å². The second-order valence-corrected chi connectivity index (χ2v) is 8.71. The maximum Gasteiger partial charge on any atom is 0.193 e. The third kappa shape index (κ3) is 4.72. The van der Waals surface area contributed by atoms with E-state index in [9.17, 15) is 0 Å². The van der Waals surface area contributed by atoms with Crippen molar-refractivity contribution in [2.75, 3.05) is 51.3 Å². The molecule has 0 radical (unpaired) electrons.